The lowest BCUT2D eigenvalue weighted by Crippen LogP contribution is -2.46. The quantitative estimate of drug-likeness (QED) is 0.235. The van der Waals surface area contributed by atoms with Crippen molar-refractivity contribution in [2.45, 2.75) is 63.9 Å². The van der Waals surface area contributed by atoms with E-state index in [0.29, 0.717) is 70.4 Å². The van der Waals surface area contributed by atoms with Crippen molar-refractivity contribution in [3.8, 4) is 5.88 Å². The van der Waals surface area contributed by atoms with Gasteiger partial charge in [-0.2, -0.15) is 4.73 Å². The van der Waals surface area contributed by atoms with E-state index in [9.17, 15) is 19.2 Å². The molecule has 16 heteroatoms. The number of imidazole rings is 2. The van der Waals surface area contributed by atoms with Crippen molar-refractivity contribution in [2.75, 3.05) is 45.1 Å². The molecule has 4 amide bonds. The minimum Gasteiger partial charge on any atom is -0.465 e. The van der Waals surface area contributed by atoms with Crippen molar-refractivity contribution in [3.05, 3.63) is 55.0 Å². The van der Waals surface area contributed by atoms with Gasteiger partial charge >= 0.3 is 12.2 Å². The second-order valence-electron chi connectivity index (χ2n) is 14.1. The van der Waals surface area contributed by atoms with Crippen molar-refractivity contribution in [2.24, 2.45) is 24.3 Å². The highest BCUT2D eigenvalue weighted by Crippen LogP contribution is 2.31. The molecule has 15 nitrogen and oxygen atoms in total. The molecule has 3 aliphatic heterocycles. The first-order valence-corrected chi connectivity index (χ1v) is 18.4. The van der Waals surface area contributed by atoms with Crippen molar-refractivity contribution >= 4 is 35.8 Å². The molecular weight excluding hydrogens is 677 g/mol. The molecule has 276 valence electrons. The summed E-state index contributed by atoms with van der Waals surface area (Å²) in [4.78, 5) is 70.3. The van der Waals surface area contributed by atoms with E-state index in [1.165, 1.54) is 9.80 Å². The molecule has 3 saturated heterocycles. The lowest BCUT2D eigenvalue weighted by Gasteiger charge is -2.34. The maximum Gasteiger partial charge on any atom is 0.416 e. The summed E-state index contributed by atoms with van der Waals surface area (Å²) in [6.45, 7) is 7.37. The average molecular weight is 725 g/mol. The number of hydrogen-bond acceptors (Lipinski definition) is 10. The number of rotatable bonds is 10. The molecule has 0 bridgehead atoms. The fraction of sp³-hybridized carbons (Fsp3) is 0.571. The van der Waals surface area contributed by atoms with Crippen molar-refractivity contribution in [1.82, 2.24) is 38.9 Å². The van der Waals surface area contributed by atoms with Crippen LogP contribution in [0.4, 0.5) is 9.59 Å². The summed E-state index contributed by atoms with van der Waals surface area (Å²) in [5.41, 5.74) is 0.604. The monoisotopic (exact) mass is 724 g/mol. The van der Waals surface area contributed by atoms with Crippen LogP contribution < -0.4 is 9.57 Å². The second kappa shape index (κ2) is 17.6. The fourth-order valence-electron chi connectivity index (χ4n) is 6.25. The van der Waals surface area contributed by atoms with Gasteiger partial charge in [0.2, 0.25) is 17.7 Å². The number of ether oxygens (including phenoxy) is 1. The lowest BCUT2D eigenvalue weighted by molar-refractivity contribution is -0.152. The zero-order valence-corrected chi connectivity index (χ0v) is 30.4. The Labute approximate surface area is 302 Å². The minimum absolute atomic E-state index is 0.122. The van der Waals surface area contributed by atoms with Gasteiger partial charge in [-0.15, -0.1) is 0 Å². The smallest absolute Gasteiger partial charge is 0.416 e. The topological polar surface area (TPSA) is 165 Å². The van der Waals surface area contributed by atoms with Crippen LogP contribution >= 0.6 is 11.8 Å². The van der Waals surface area contributed by atoms with Crippen LogP contribution in [0, 0.1) is 17.3 Å². The Hall–Kier alpha value is -4.60. The van der Waals surface area contributed by atoms with E-state index in [2.05, 4.69) is 15.0 Å². The molecule has 0 aliphatic carbocycles. The largest absolute Gasteiger partial charge is 0.465 e. The van der Waals surface area contributed by atoms with Crippen LogP contribution in [-0.4, -0.2) is 113 Å². The summed E-state index contributed by atoms with van der Waals surface area (Å²) in [5, 5.41) is 9.80. The number of carbonyl (C=O) groups is 4. The highest BCUT2D eigenvalue weighted by Gasteiger charge is 2.37. The molecule has 6 rings (SSSR count). The maximum absolute atomic E-state index is 12.6. The van der Waals surface area contributed by atoms with Gasteiger partial charge in [-0.05, 0) is 54.9 Å². The third-order valence-corrected chi connectivity index (χ3v) is 10.7. The Bertz CT molecular complexity index is 1580. The number of aryl methyl sites for hydroxylation is 1. The van der Waals surface area contributed by atoms with Gasteiger partial charge in [0.25, 0.3) is 0 Å². The number of piperidine rings is 3. The Morgan fingerprint density at radius 3 is 2.22 bits per heavy atom. The summed E-state index contributed by atoms with van der Waals surface area (Å²) >= 11 is 1.75. The fourth-order valence-corrected chi connectivity index (χ4v) is 7.36. The Morgan fingerprint density at radius 2 is 1.63 bits per heavy atom. The molecule has 3 aliphatic rings. The number of imide groups is 1. The van der Waals surface area contributed by atoms with Crippen LogP contribution in [0.2, 0.25) is 0 Å². The van der Waals surface area contributed by atoms with E-state index in [4.69, 9.17) is 14.7 Å². The second-order valence-corrected chi connectivity index (χ2v) is 15.1. The minimum atomic E-state index is -0.825. The summed E-state index contributed by atoms with van der Waals surface area (Å²) in [6.07, 6.45) is 14.0. The molecule has 0 atom stereocenters. The first kappa shape index (κ1) is 37.7. The maximum atomic E-state index is 12.6. The number of likely N-dealkylation sites (tertiary alicyclic amines) is 3. The molecule has 6 heterocycles. The molecule has 0 radical (unpaired) electrons. The van der Waals surface area contributed by atoms with Gasteiger partial charge in [-0.25, -0.2) is 24.5 Å². The van der Waals surface area contributed by atoms with Gasteiger partial charge in [0, 0.05) is 89.2 Å². The van der Waals surface area contributed by atoms with Crippen LogP contribution in [0.1, 0.15) is 57.9 Å². The molecule has 0 saturated carbocycles. The third kappa shape index (κ3) is 11.2. The number of thioether (sulfide) groups is 1. The summed E-state index contributed by atoms with van der Waals surface area (Å²) in [5.74, 6) is 1.97. The molecule has 0 unspecified atom stereocenters. The molecule has 0 aromatic carbocycles. The summed E-state index contributed by atoms with van der Waals surface area (Å²) < 4.78 is 9.06. The van der Waals surface area contributed by atoms with E-state index in [-0.39, 0.29) is 29.2 Å². The normalized spacial score (nSPS) is 18.3. The molecule has 1 N–H and O–H groups in total. The van der Waals surface area contributed by atoms with Crippen LogP contribution in [0.15, 0.2) is 54.6 Å². The van der Waals surface area contributed by atoms with E-state index >= 15 is 0 Å². The SMILES string of the molecule is Cn1ccnc1SCC1CCN(C(=O)Oc2ccc(CCN3C(=O)CC(C)(C)CC3=O)cn2)CC1.O=C(O)N1CCC(COn2ccnc2)CC1. The zero-order valence-electron chi connectivity index (χ0n) is 29.6. The number of pyridine rings is 1. The number of amides is 4. The Morgan fingerprint density at radius 1 is 0.941 bits per heavy atom. The van der Waals surface area contributed by atoms with Crippen LogP contribution in [0.5, 0.6) is 5.88 Å². The number of carbonyl (C=O) groups excluding carboxylic acids is 3. The number of carboxylic acid groups (broad SMARTS) is 1. The Balaban J connectivity index is 0.000000262. The molecule has 3 aromatic heterocycles. The number of hydrogen-bond donors (Lipinski definition) is 1. The molecule has 3 fully saturated rings. The summed E-state index contributed by atoms with van der Waals surface area (Å²) in [6, 6.07) is 3.48. The van der Waals surface area contributed by atoms with Gasteiger partial charge in [0.05, 0.1) is 6.20 Å². The summed E-state index contributed by atoms with van der Waals surface area (Å²) in [7, 11) is 1.99. The van der Waals surface area contributed by atoms with Crippen molar-refractivity contribution in [1.29, 1.82) is 0 Å². The van der Waals surface area contributed by atoms with Gasteiger partial charge in [-0.1, -0.05) is 31.7 Å². The number of nitrogens with zero attached hydrogens (tertiary/aromatic N) is 8. The van der Waals surface area contributed by atoms with Gasteiger partial charge in [0.15, 0.2) is 5.16 Å². The van der Waals surface area contributed by atoms with Crippen molar-refractivity contribution < 1.29 is 33.9 Å². The van der Waals surface area contributed by atoms with Gasteiger partial charge < -0.3 is 29.0 Å². The standard InChI is InChI=1S/C25H33N5O4S.C10H15N3O3/c1-25(2)14-21(31)30(22(32)15-25)12-8-18-4-5-20(27-16-18)34-24(33)29-10-6-19(7-11-29)17-35-23-26-9-13-28(23)3;14-10(15)12-4-1-9(2-5-12)7-16-13-6-3-11-8-13/h4-5,9,13,16,19H,6-8,10-12,14-15,17H2,1-3H3;3,6,8-9H,1-2,4-5,7H2,(H,14,15). The molecule has 3 aromatic rings. The van der Waals surface area contributed by atoms with Crippen LogP contribution in [0.25, 0.3) is 0 Å². The number of aromatic nitrogens is 5. The van der Waals surface area contributed by atoms with Gasteiger partial charge in [-0.3, -0.25) is 14.5 Å². The van der Waals surface area contributed by atoms with E-state index in [1.54, 1.807) is 58.6 Å². The molecule has 51 heavy (non-hydrogen) atoms. The average Bonchev–Trinajstić information content (AvgIpc) is 3.78. The highest BCUT2D eigenvalue weighted by molar-refractivity contribution is 7.99. The van der Waals surface area contributed by atoms with E-state index < -0.39 is 6.09 Å². The third-order valence-electron chi connectivity index (χ3n) is 9.40. The Kier molecular flexibility index (Phi) is 13.0. The van der Waals surface area contributed by atoms with Crippen LogP contribution in [-0.2, 0) is 23.1 Å². The van der Waals surface area contributed by atoms with Crippen LogP contribution in [0.3, 0.4) is 0 Å². The predicted molar refractivity (Wildman–Crippen MR) is 188 cm³/mol. The van der Waals surface area contributed by atoms with Gasteiger partial charge in [0.1, 0.15) is 12.9 Å². The van der Waals surface area contributed by atoms with E-state index in [1.807, 2.05) is 37.7 Å². The van der Waals surface area contributed by atoms with E-state index in [0.717, 1.165) is 42.2 Å². The lowest BCUT2D eigenvalue weighted by atomic mass is 9.81. The first-order valence-electron chi connectivity index (χ1n) is 17.4. The molecular formula is C35H48N8O7S. The molecule has 0 spiro atoms. The first-order chi connectivity index (χ1) is 24.5. The zero-order chi connectivity index (χ0) is 36.4. The predicted octanol–water partition coefficient (Wildman–Crippen LogP) is 4.24. The van der Waals surface area contributed by atoms with Crippen molar-refractivity contribution in [3.63, 3.8) is 0 Å². The highest BCUT2D eigenvalue weighted by atomic mass is 32.2.